The second-order valence-electron chi connectivity index (χ2n) is 5.87. The van der Waals surface area contributed by atoms with Crippen LogP contribution >= 0.6 is 0 Å². The third-order valence-electron chi connectivity index (χ3n) is 2.44. The lowest BCUT2D eigenvalue weighted by atomic mass is 10.1. The number of aryl methyl sites for hydroxylation is 1. The molecule has 0 bridgehead atoms. The van der Waals surface area contributed by atoms with E-state index in [-0.39, 0.29) is 31.1 Å². The van der Waals surface area contributed by atoms with Crippen molar-refractivity contribution >= 4 is 11.9 Å². The maximum Gasteiger partial charge on any atom is 0.309 e. The summed E-state index contributed by atoms with van der Waals surface area (Å²) < 4.78 is 10.3. The van der Waals surface area contributed by atoms with Gasteiger partial charge in [-0.2, -0.15) is 0 Å². The molecule has 0 aromatic heterocycles. The quantitative estimate of drug-likeness (QED) is 0.817. The number of ether oxygens (including phenoxy) is 2. The fraction of sp³-hybridized carbons (Fsp3) is 0.500. The van der Waals surface area contributed by atoms with Crippen LogP contribution in [0, 0.1) is 6.92 Å². The van der Waals surface area contributed by atoms with Crippen molar-refractivity contribution < 1.29 is 19.1 Å². The Kier molecular flexibility index (Phi) is 6.21. The van der Waals surface area contributed by atoms with Gasteiger partial charge >= 0.3 is 5.97 Å². The molecule has 0 fully saturated rings. The third kappa shape index (κ3) is 7.97. The van der Waals surface area contributed by atoms with Gasteiger partial charge in [-0.05, 0) is 45.4 Å². The number of nitrogens with one attached hydrogen (secondary N) is 1. The molecule has 5 nitrogen and oxygen atoms in total. The second kappa shape index (κ2) is 7.67. The van der Waals surface area contributed by atoms with Crippen LogP contribution in [-0.2, 0) is 14.3 Å². The largest absolute Gasteiger partial charge is 0.493 e. The number of esters is 1. The van der Waals surface area contributed by atoms with Crippen LogP contribution in [-0.4, -0.2) is 30.6 Å². The van der Waals surface area contributed by atoms with Crippen LogP contribution in [0.3, 0.4) is 0 Å². The first kappa shape index (κ1) is 17.0. The van der Waals surface area contributed by atoms with E-state index in [4.69, 9.17) is 9.47 Å². The van der Waals surface area contributed by atoms with Crippen molar-refractivity contribution in [2.75, 3.05) is 13.2 Å². The maximum absolute atomic E-state index is 11.5. The van der Waals surface area contributed by atoms with E-state index in [1.807, 2.05) is 52.0 Å². The predicted molar refractivity (Wildman–Crippen MR) is 80.1 cm³/mol. The Morgan fingerprint density at radius 3 is 2.57 bits per heavy atom. The zero-order chi connectivity index (χ0) is 15.9. The molecule has 0 radical (unpaired) electrons. The van der Waals surface area contributed by atoms with Crippen molar-refractivity contribution in [3.8, 4) is 5.75 Å². The second-order valence-corrected chi connectivity index (χ2v) is 5.87. The first-order valence-electron chi connectivity index (χ1n) is 6.92. The monoisotopic (exact) mass is 293 g/mol. The van der Waals surface area contributed by atoms with Crippen molar-refractivity contribution in [1.29, 1.82) is 0 Å². The number of hydrogen-bond donors (Lipinski definition) is 1. The molecule has 1 aromatic rings. The Bertz CT molecular complexity index is 491. The summed E-state index contributed by atoms with van der Waals surface area (Å²) in [6.45, 7) is 7.52. The third-order valence-corrected chi connectivity index (χ3v) is 2.44. The van der Waals surface area contributed by atoms with Gasteiger partial charge in [0.1, 0.15) is 5.75 Å². The van der Waals surface area contributed by atoms with Gasteiger partial charge in [-0.15, -0.1) is 0 Å². The van der Waals surface area contributed by atoms with Crippen molar-refractivity contribution in [3.63, 3.8) is 0 Å². The molecular formula is C16H23NO4. The minimum absolute atomic E-state index is 0.108. The van der Waals surface area contributed by atoms with E-state index >= 15 is 0 Å². The predicted octanol–water partition coefficient (Wildman–Crippen LogP) is 2.22. The molecule has 5 heteroatoms. The Hall–Kier alpha value is -2.04. The van der Waals surface area contributed by atoms with Crippen LogP contribution in [0.4, 0.5) is 0 Å². The molecule has 0 aliphatic rings. The summed E-state index contributed by atoms with van der Waals surface area (Å²) in [4.78, 5) is 23.0. The summed E-state index contributed by atoms with van der Waals surface area (Å²) in [5.41, 5.74) is 0.756. The van der Waals surface area contributed by atoms with Crippen LogP contribution in [0.5, 0.6) is 5.75 Å². The van der Waals surface area contributed by atoms with Gasteiger partial charge in [0, 0.05) is 5.54 Å². The van der Waals surface area contributed by atoms with E-state index in [0.717, 1.165) is 5.56 Å². The van der Waals surface area contributed by atoms with Gasteiger partial charge in [-0.3, -0.25) is 9.59 Å². The SMILES string of the molecule is Cc1cccc(OCCC(=O)OCC(=O)NC(C)(C)C)c1. The molecule has 1 amide bonds. The number of benzene rings is 1. The molecular weight excluding hydrogens is 270 g/mol. The fourth-order valence-corrected chi connectivity index (χ4v) is 1.63. The van der Waals surface area contributed by atoms with E-state index in [1.165, 1.54) is 0 Å². The minimum atomic E-state index is -0.452. The lowest BCUT2D eigenvalue weighted by molar-refractivity contribution is -0.149. The van der Waals surface area contributed by atoms with Crippen molar-refractivity contribution in [2.24, 2.45) is 0 Å². The zero-order valence-corrected chi connectivity index (χ0v) is 13.1. The van der Waals surface area contributed by atoms with Gasteiger partial charge in [-0.25, -0.2) is 0 Å². The van der Waals surface area contributed by atoms with Gasteiger partial charge < -0.3 is 14.8 Å². The Morgan fingerprint density at radius 2 is 1.95 bits per heavy atom. The summed E-state index contributed by atoms with van der Waals surface area (Å²) in [5.74, 6) is -0.0459. The Balaban J connectivity index is 2.21. The van der Waals surface area contributed by atoms with Crippen molar-refractivity contribution in [3.05, 3.63) is 29.8 Å². The van der Waals surface area contributed by atoms with Gasteiger partial charge in [0.2, 0.25) is 0 Å². The summed E-state index contributed by atoms with van der Waals surface area (Å²) in [6.07, 6.45) is 0.108. The van der Waals surface area contributed by atoms with Gasteiger partial charge in [0.05, 0.1) is 13.0 Å². The molecule has 0 spiro atoms. The highest BCUT2D eigenvalue weighted by molar-refractivity contribution is 5.81. The normalized spacial score (nSPS) is 10.9. The summed E-state index contributed by atoms with van der Waals surface area (Å²) in [7, 11) is 0. The standard InChI is InChI=1S/C16H23NO4/c1-12-6-5-7-13(10-12)20-9-8-15(19)21-11-14(18)17-16(2,3)4/h5-7,10H,8-9,11H2,1-4H3,(H,17,18). The Labute approximate surface area is 125 Å². The molecule has 0 saturated heterocycles. The van der Waals surface area contributed by atoms with Crippen LogP contribution in [0.25, 0.3) is 0 Å². The first-order valence-corrected chi connectivity index (χ1v) is 6.92. The van der Waals surface area contributed by atoms with Crippen LogP contribution in [0.15, 0.2) is 24.3 Å². The van der Waals surface area contributed by atoms with Gasteiger partial charge in [0.15, 0.2) is 6.61 Å². The fourth-order valence-electron chi connectivity index (χ4n) is 1.63. The van der Waals surface area contributed by atoms with E-state index < -0.39 is 5.97 Å². The lowest BCUT2D eigenvalue weighted by Crippen LogP contribution is -2.42. The highest BCUT2D eigenvalue weighted by Crippen LogP contribution is 2.12. The average molecular weight is 293 g/mol. The molecule has 0 saturated carbocycles. The molecule has 1 N–H and O–H groups in total. The van der Waals surface area contributed by atoms with Crippen molar-refractivity contribution in [2.45, 2.75) is 39.7 Å². The molecule has 0 aliphatic heterocycles. The topological polar surface area (TPSA) is 64.6 Å². The van der Waals surface area contributed by atoms with Gasteiger partial charge in [-0.1, -0.05) is 12.1 Å². The summed E-state index contributed by atoms with van der Waals surface area (Å²) in [5, 5.41) is 2.72. The molecule has 1 rings (SSSR count). The first-order chi connectivity index (χ1) is 9.76. The van der Waals surface area contributed by atoms with E-state index in [2.05, 4.69) is 5.32 Å². The number of carbonyl (C=O) groups excluding carboxylic acids is 2. The molecule has 21 heavy (non-hydrogen) atoms. The molecule has 0 heterocycles. The number of hydrogen-bond acceptors (Lipinski definition) is 4. The average Bonchev–Trinajstić information content (AvgIpc) is 2.34. The highest BCUT2D eigenvalue weighted by Gasteiger charge is 2.15. The van der Waals surface area contributed by atoms with E-state index in [9.17, 15) is 9.59 Å². The number of carbonyl (C=O) groups is 2. The molecule has 116 valence electrons. The van der Waals surface area contributed by atoms with Crippen LogP contribution < -0.4 is 10.1 Å². The van der Waals surface area contributed by atoms with Crippen LogP contribution in [0.2, 0.25) is 0 Å². The molecule has 0 aliphatic carbocycles. The smallest absolute Gasteiger partial charge is 0.309 e. The maximum atomic E-state index is 11.5. The molecule has 0 atom stereocenters. The highest BCUT2D eigenvalue weighted by atomic mass is 16.5. The van der Waals surface area contributed by atoms with E-state index in [1.54, 1.807) is 0 Å². The summed E-state index contributed by atoms with van der Waals surface area (Å²) >= 11 is 0. The Morgan fingerprint density at radius 1 is 1.24 bits per heavy atom. The minimum Gasteiger partial charge on any atom is -0.493 e. The van der Waals surface area contributed by atoms with Gasteiger partial charge in [0.25, 0.3) is 5.91 Å². The zero-order valence-electron chi connectivity index (χ0n) is 13.1. The number of rotatable bonds is 6. The van der Waals surface area contributed by atoms with E-state index in [0.29, 0.717) is 5.75 Å². The summed E-state index contributed by atoms with van der Waals surface area (Å²) in [6, 6.07) is 7.58. The molecule has 0 unspecified atom stereocenters. The number of amides is 1. The van der Waals surface area contributed by atoms with Crippen molar-refractivity contribution in [1.82, 2.24) is 5.32 Å². The van der Waals surface area contributed by atoms with Crippen LogP contribution in [0.1, 0.15) is 32.8 Å². The lowest BCUT2D eigenvalue weighted by Gasteiger charge is -2.20. The molecule has 1 aromatic carbocycles.